The molecule has 0 saturated heterocycles. The maximum Gasteiger partial charge on any atom is 0.416 e. The first kappa shape index (κ1) is 10.9. The maximum absolute atomic E-state index is 12.5. The van der Waals surface area contributed by atoms with Gasteiger partial charge in [-0.3, -0.25) is 5.10 Å². The van der Waals surface area contributed by atoms with Crippen molar-refractivity contribution in [3.63, 3.8) is 0 Å². The van der Waals surface area contributed by atoms with E-state index in [9.17, 15) is 13.2 Å². The fraction of sp³-hybridized carbons (Fsp3) is 0.300. The lowest BCUT2D eigenvalue weighted by atomic mass is 10.1. The van der Waals surface area contributed by atoms with Gasteiger partial charge in [-0.1, -0.05) is 0 Å². The molecule has 3 nitrogen and oxygen atoms in total. The molecular formula is C10H10F3N3. The molecule has 0 bridgehead atoms. The standard InChI is InChI=1S/C10H10F3N3/c1-5(14)9-7-4-6(10(11,12)13)2-3-8(7)15-16-9/h2-5H,14H2,1H3,(H,15,16). The van der Waals surface area contributed by atoms with E-state index in [4.69, 9.17) is 5.73 Å². The number of nitrogens with zero attached hydrogens (tertiary/aromatic N) is 1. The predicted octanol–water partition coefficient (Wildman–Crippen LogP) is 2.60. The third-order valence-corrected chi connectivity index (χ3v) is 2.37. The number of aromatic nitrogens is 2. The number of nitrogens with one attached hydrogen (secondary N) is 1. The van der Waals surface area contributed by atoms with Gasteiger partial charge in [0, 0.05) is 11.4 Å². The molecule has 0 saturated carbocycles. The zero-order chi connectivity index (χ0) is 11.9. The molecule has 1 aromatic carbocycles. The van der Waals surface area contributed by atoms with Crippen LogP contribution in [0.25, 0.3) is 10.9 Å². The van der Waals surface area contributed by atoms with Crippen molar-refractivity contribution in [3.8, 4) is 0 Å². The van der Waals surface area contributed by atoms with Gasteiger partial charge in [-0.25, -0.2) is 0 Å². The summed E-state index contributed by atoms with van der Waals surface area (Å²) in [7, 11) is 0. The molecule has 6 heteroatoms. The maximum atomic E-state index is 12.5. The first-order valence-electron chi connectivity index (χ1n) is 4.70. The zero-order valence-corrected chi connectivity index (χ0v) is 8.47. The Morgan fingerprint density at radius 2 is 2.06 bits per heavy atom. The fourth-order valence-corrected chi connectivity index (χ4v) is 1.55. The second-order valence-corrected chi connectivity index (χ2v) is 3.66. The van der Waals surface area contributed by atoms with Gasteiger partial charge in [0.25, 0.3) is 0 Å². The summed E-state index contributed by atoms with van der Waals surface area (Å²) in [6.45, 7) is 1.69. The van der Waals surface area contributed by atoms with E-state index in [-0.39, 0.29) is 6.04 Å². The van der Waals surface area contributed by atoms with Crippen molar-refractivity contribution in [1.29, 1.82) is 0 Å². The monoisotopic (exact) mass is 229 g/mol. The molecule has 0 radical (unpaired) electrons. The van der Waals surface area contributed by atoms with E-state index in [1.807, 2.05) is 0 Å². The second-order valence-electron chi connectivity index (χ2n) is 3.66. The Balaban J connectivity index is 2.63. The fourth-order valence-electron chi connectivity index (χ4n) is 1.55. The molecule has 16 heavy (non-hydrogen) atoms. The van der Waals surface area contributed by atoms with Crippen LogP contribution in [0.2, 0.25) is 0 Å². The van der Waals surface area contributed by atoms with Crippen molar-refractivity contribution < 1.29 is 13.2 Å². The molecule has 1 aromatic heterocycles. The summed E-state index contributed by atoms with van der Waals surface area (Å²) in [6.07, 6.45) is -4.35. The summed E-state index contributed by atoms with van der Waals surface area (Å²) < 4.78 is 37.5. The van der Waals surface area contributed by atoms with Crippen LogP contribution in [-0.4, -0.2) is 10.2 Å². The number of benzene rings is 1. The Kier molecular flexibility index (Phi) is 2.38. The molecule has 1 heterocycles. The van der Waals surface area contributed by atoms with Crippen LogP contribution >= 0.6 is 0 Å². The number of rotatable bonds is 1. The molecule has 1 unspecified atom stereocenters. The molecule has 2 rings (SSSR count). The lowest BCUT2D eigenvalue weighted by molar-refractivity contribution is -0.137. The van der Waals surface area contributed by atoms with E-state index >= 15 is 0 Å². The van der Waals surface area contributed by atoms with E-state index in [1.165, 1.54) is 6.07 Å². The number of halogens is 3. The molecule has 1 atom stereocenters. The number of fused-ring (bicyclic) bond motifs is 1. The summed E-state index contributed by atoms with van der Waals surface area (Å²) in [6, 6.07) is 3.03. The van der Waals surface area contributed by atoms with Crippen LogP contribution in [0.5, 0.6) is 0 Å². The summed E-state index contributed by atoms with van der Waals surface area (Å²) in [5.41, 5.74) is 5.94. The highest BCUT2D eigenvalue weighted by molar-refractivity contribution is 5.82. The van der Waals surface area contributed by atoms with Gasteiger partial charge in [0.2, 0.25) is 0 Å². The van der Waals surface area contributed by atoms with E-state index < -0.39 is 11.7 Å². The van der Waals surface area contributed by atoms with E-state index in [1.54, 1.807) is 6.92 Å². The number of aromatic amines is 1. The molecule has 0 fully saturated rings. The van der Waals surface area contributed by atoms with Gasteiger partial charge in [0.05, 0.1) is 16.8 Å². The Hall–Kier alpha value is -1.56. The van der Waals surface area contributed by atoms with Crippen LogP contribution < -0.4 is 5.73 Å². The molecule has 3 N–H and O–H groups in total. The highest BCUT2D eigenvalue weighted by Gasteiger charge is 2.31. The van der Waals surface area contributed by atoms with Crippen molar-refractivity contribution in [2.45, 2.75) is 19.1 Å². The Morgan fingerprint density at radius 1 is 1.38 bits per heavy atom. The van der Waals surface area contributed by atoms with Crippen LogP contribution in [-0.2, 0) is 6.18 Å². The summed E-state index contributed by atoms with van der Waals surface area (Å²) >= 11 is 0. The van der Waals surface area contributed by atoms with E-state index in [0.29, 0.717) is 16.6 Å². The van der Waals surface area contributed by atoms with E-state index in [2.05, 4.69) is 10.2 Å². The second kappa shape index (κ2) is 3.48. The number of hydrogen-bond acceptors (Lipinski definition) is 2. The van der Waals surface area contributed by atoms with Gasteiger partial charge in [0.1, 0.15) is 0 Å². The highest BCUT2D eigenvalue weighted by Crippen LogP contribution is 2.32. The normalized spacial score (nSPS) is 14.3. The quantitative estimate of drug-likeness (QED) is 0.789. The first-order chi connectivity index (χ1) is 7.39. The third-order valence-electron chi connectivity index (χ3n) is 2.37. The number of nitrogens with two attached hydrogens (primary N) is 1. The van der Waals surface area contributed by atoms with E-state index in [0.717, 1.165) is 12.1 Å². The van der Waals surface area contributed by atoms with Gasteiger partial charge < -0.3 is 5.73 Å². The molecule has 0 spiro atoms. The number of hydrogen-bond donors (Lipinski definition) is 2. The van der Waals surface area contributed by atoms with Crippen LogP contribution in [0.1, 0.15) is 24.2 Å². The molecule has 86 valence electrons. The van der Waals surface area contributed by atoms with Crippen molar-refractivity contribution in [2.75, 3.05) is 0 Å². The van der Waals surface area contributed by atoms with Crippen molar-refractivity contribution >= 4 is 10.9 Å². The Labute approximate surface area is 89.4 Å². The smallest absolute Gasteiger partial charge is 0.323 e. The van der Waals surface area contributed by atoms with Crippen LogP contribution in [0.4, 0.5) is 13.2 Å². The number of H-pyrrole nitrogens is 1. The average molecular weight is 229 g/mol. The van der Waals surface area contributed by atoms with Crippen LogP contribution in [0, 0.1) is 0 Å². The van der Waals surface area contributed by atoms with Gasteiger partial charge in [-0.15, -0.1) is 0 Å². The molecule has 0 aliphatic rings. The summed E-state index contributed by atoms with van der Waals surface area (Å²) in [5.74, 6) is 0. The largest absolute Gasteiger partial charge is 0.416 e. The van der Waals surface area contributed by atoms with Crippen molar-refractivity contribution in [3.05, 3.63) is 29.5 Å². The molecule has 2 aromatic rings. The molecular weight excluding hydrogens is 219 g/mol. The Bertz CT molecular complexity index is 513. The zero-order valence-electron chi connectivity index (χ0n) is 8.47. The highest BCUT2D eigenvalue weighted by atomic mass is 19.4. The lowest BCUT2D eigenvalue weighted by Gasteiger charge is -2.07. The average Bonchev–Trinajstić information content (AvgIpc) is 2.58. The molecule has 0 aliphatic carbocycles. The van der Waals surface area contributed by atoms with Gasteiger partial charge in [-0.2, -0.15) is 18.3 Å². The van der Waals surface area contributed by atoms with Gasteiger partial charge in [-0.05, 0) is 25.1 Å². The summed E-state index contributed by atoms with van der Waals surface area (Å²) in [4.78, 5) is 0. The van der Waals surface area contributed by atoms with Crippen molar-refractivity contribution in [2.24, 2.45) is 5.73 Å². The Morgan fingerprint density at radius 3 is 2.62 bits per heavy atom. The third kappa shape index (κ3) is 1.76. The molecule has 0 aliphatic heterocycles. The van der Waals surface area contributed by atoms with Gasteiger partial charge in [0.15, 0.2) is 0 Å². The first-order valence-corrected chi connectivity index (χ1v) is 4.70. The minimum atomic E-state index is -4.35. The predicted molar refractivity (Wildman–Crippen MR) is 53.7 cm³/mol. The minimum absolute atomic E-state index is 0.381. The van der Waals surface area contributed by atoms with Crippen LogP contribution in [0.3, 0.4) is 0 Å². The van der Waals surface area contributed by atoms with Crippen LogP contribution in [0.15, 0.2) is 18.2 Å². The minimum Gasteiger partial charge on any atom is -0.323 e. The topological polar surface area (TPSA) is 54.7 Å². The summed E-state index contributed by atoms with van der Waals surface area (Å²) in [5, 5.41) is 6.96. The van der Waals surface area contributed by atoms with Crippen molar-refractivity contribution in [1.82, 2.24) is 10.2 Å². The van der Waals surface area contributed by atoms with Gasteiger partial charge >= 0.3 is 6.18 Å². The molecule has 0 amide bonds. The SMILES string of the molecule is CC(N)c1[nH]nc2ccc(C(F)(F)F)cc12. The number of alkyl halides is 3. The lowest BCUT2D eigenvalue weighted by Crippen LogP contribution is -2.07.